The van der Waals surface area contributed by atoms with E-state index in [4.69, 9.17) is 9.47 Å². The summed E-state index contributed by atoms with van der Waals surface area (Å²) in [7, 11) is 0. The van der Waals surface area contributed by atoms with Gasteiger partial charge in [0.2, 0.25) is 0 Å². The smallest absolute Gasteiger partial charge is 0.331 e. The highest BCUT2D eigenvalue weighted by molar-refractivity contribution is 5.96. The second kappa shape index (κ2) is 9.45. The Balaban J connectivity index is 2.91. The molecule has 1 atom stereocenters. The van der Waals surface area contributed by atoms with Gasteiger partial charge < -0.3 is 19.5 Å². The van der Waals surface area contributed by atoms with Crippen molar-refractivity contribution < 1.29 is 33.2 Å². The minimum atomic E-state index is -0.962. The van der Waals surface area contributed by atoms with E-state index in [0.717, 1.165) is 0 Å². The fourth-order valence-electron chi connectivity index (χ4n) is 1.97. The molecule has 8 nitrogen and oxygen atoms in total. The monoisotopic (exact) mass is 381 g/mol. The molecule has 1 rings (SSSR count). The maximum absolute atomic E-state index is 12.6. The first-order chi connectivity index (χ1) is 12.4. The van der Waals surface area contributed by atoms with Gasteiger partial charge in [-0.1, -0.05) is 0 Å². The van der Waals surface area contributed by atoms with E-state index in [2.05, 4.69) is 10.1 Å². The predicted molar refractivity (Wildman–Crippen MR) is 96.6 cm³/mol. The Kier molecular flexibility index (Phi) is 7.90. The number of esters is 1. The summed E-state index contributed by atoms with van der Waals surface area (Å²) >= 11 is 0. The molecule has 1 unspecified atom stereocenters. The van der Waals surface area contributed by atoms with E-state index in [0.29, 0.717) is 12.0 Å². The summed E-state index contributed by atoms with van der Waals surface area (Å²) in [5.41, 5.74) is -0.868. The summed E-state index contributed by atoms with van der Waals surface area (Å²) in [6, 6.07) is 2.26. The number of hydrogen-bond acceptors (Lipinski definition) is 6. The third-order valence-corrected chi connectivity index (χ3v) is 3.09. The van der Waals surface area contributed by atoms with E-state index in [1.165, 1.54) is 10.8 Å². The molecule has 1 aromatic heterocycles. The summed E-state index contributed by atoms with van der Waals surface area (Å²) < 4.78 is 17.2. The zero-order valence-electron chi connectivity index (χ0n) is 16.8. The fourth-order valence-corrected chi connectivity index (χ4v) is 1.97. The topological polar surface area (TPSA) is 94.8 Å². The largest absolute Gasteiger partial charge is 0.458 e. The lowest BCUT2D eigenvalue weighted by molar-refractivity contribution is -0.727. The summed E-state index contributed by atoms with van der Waals surface area (Å²) in [6.45, 7) is 11.1. The van der Waals surface area contributed by atoms with Crippen molar-refractivity contribution in [3.8, 4) is 0 Å². The van der Waals surface area contributed by atoms with E-state index in [1.807, 2.05) is 20.8 Å². The van der Waals surface area contributed by atoms with Gasteiger partial charge in [-0.15, -0.1) is 0 Å². The third kappa shape index (κ3) is 9.14. The van der Waals surface area contributed by atoms with Crippen LogP contribution in [-0.2, 0) is 30.5 Å². The third-order valence-electron chi connectivity index (χ3n) is 3.09. The van der Waals surface area contributed by atoms with Gasteiger partial charge in [0.1, 0.15) is 11.2 Å². The van der Waals surface area contributed by atoms with Crippen LogP contribution in [0.1, 0.15) is 51.9 Å². The van der Waals surface area contributed by atoms with E-state index < -0.39 is 29.1 Å². The van der Waals surface area contributed by atoms with Crippen molar-refractivity contribution in [3.05, 3.63) is 30.1 Å². The number of amides is 1. The zero-order valence-corrected chi connectivity index (χ0v) is 16.8. The van der Waals surface area contributed by atoms with E-state index in [9.17, 15) is 14.4 Å². The maximum atomic E-state index is 12.6. The normalized spacial score (nSPS) is 12.8. The Morgan fingerprint density at radius 2 is 1.85 bits per heavy atom. The molecular formula is C19H29N2O6+. The maximum Gasteiger partial charge on any atom is 0.331 e. The first-order valence-electron chi connectivity index (χ1n) is 8.63. The summed E-state index contributed by atoms with van der Waals surface area (Å²) in [6.07, 6.45) is 3.16. The van der Waals surface area contributed by atoms with Gasteiger partial charge in [0.15, 0.2) is 18.4 Å². The number of carbonyl (C=O) groups excluding carboxylic acids is 3. The first kappa shape index (κ1) is 22.6. The number of nitrogens with one attached hydrogen (secondary N) is 1. The average Bonchev–Trinajstić information content (AvgIpc) is 2.54. The number of ether oxygens (including phenoxy) is 3. The van der Waals surface area contributed by atoms with Crippen LogP contribution in [0, 0.1) is 0 Å². The highest BCUT2D eigenvalue weighted by Crippen LogP contribution is 2.12. The molecular weight excluding hydrogens is 352 g/mol. The van der Waals surface area contributed by atoms with Gasteiger partial charge >= 0.3 is 5.97 Å². The fraction of sp³-hybridized carbons (Fsp3) is 0.579. The van der Waals surface area contributed by atoms with E-state index in [1.54, 1.807) is 39.1 Å². The molecule has 0 aliphatic heterocycles. The molecule has 0 spiro atoms. The molecule has 0 bridgehead atoms. The molecule has 150 valence electrons. The second-order valence-corrected chi connectivity index (χ2v) is 7.98. The van der Waals surface area contributed by atoms with Crippen LogP contribution in [0.25, 0.3) is 0 Å². The van der Waals surface area contributed by atoms with Crippen molar-refractivity contribution in [2.45, 2.75) is 65.5 Å². The molecule has 27 heavy (non-hydrogen) atoms. The quantitative estimate of drug-likeness (QED) is 0.415. The van der Waals surface area contributed by atoms with Crippen molar-refractivity contribution in [3.63, 3.8) is 0 Å². The molecule has 0 aromatic carbocycles. The molecule has 0 aliphatic rings. The Hall–Kier alpha value is -2.48. The van der Waals surface area contributed by atoms with Crippen LogP contribution in [0.3, 0.4) is 0 Å². The molecule has 0 saturated carbocycles. The zero-order chi connectivity index (χ0) is 20.7. The molecule has 1 N–H and O–H groups in total. The number of aromatic nitrogens is 1. The van der Waals surface area contributed by atoms with Gasteiger partial charge in [-0.25, -0.2) is 4.79 Å². The molecule has 0 aliphatic carbocycles. The number of carbonyl (C=O) groups is 3. The van der Waals surface area contributed by atoms with Crippen LogP contribution in [0.2, 0.25) is 0 Å². The van der Waals surface area contributed by atoms with Crippen LogP contribution in [-0.4, -0.2) is 42.2 Å². The van der Waals surface area contributed by atoms with Crippen LogP contribution in [0.15, 0.2) is 24.5 Å². The number of nitrogens with zero attached hydrogens (tertiary/aromatic N) is 1. The highest BCUT2D eigenvalue weighted by Gasteiger charge is 2.29. The standard InChI is InChI=1S/C19H28N2O6/c1-18(2,3)26-11-15(17(24)27-19(4,5)6)20-16(23)14-8-7-9-21(10-14)12-25-13-22/h7-10,13,15H,11-12H2,1-6H3/p+1. The summed E-state index contributed by atoms with van der Waals surface area (Å²) in [5, 5.41) is 2.65. The van der Waals surface area contributed by atoms with Gasteiger partial charge in [0.05, 0.1) is 12.2 Å². The summed E-state index contributed by atoms with van der Waals surface area (Å²) in [4.78, 5) is 35.4. The van der Waals surface area contributed by atoms with Gasteiger partial charge in [-0.3, -0.25) is 9.59 Å². The average molecular weight is 381 g/mol. The molecule has 0 saturated heterocycles. The Bertz CT molecular complexity index is 661. The van der Waals surface area contributed by atoms with Gasteiger partial charge in [0, 0.05) is 6.07 Å². The van der Waals surface area contributed by atoms with E-state index in [-0.39, 0.29) is 13.3 Å². The Labute approximate surface area is 159 Å². The Morgan fingerprint density at radius 3 is 2.41 bits per heavy atom. The highest BCUT2D eigenvalue weighted by atomic mass is 16.6. The van der Waals surface area contributed by atoms with Crippen LogP contribution < -0.4 is 9.88 Å². The molecule has 8 heteroatoms. The molecule has 0 radical (unpaired) electrons. The van der Waals surface area contributed by atoms with Crippen molar-refractivity contribution in [2.24, 2.45) is 0 Å². The van der Waals surface area contributed by atoms with Crippen molar-refractivity contribution >= 4 is 18.3 Å². The van der Waals surface area contributed by atoms with Crippen molar-refractivity contribution in [1.29, 1.82) is 0 Å². The van der Waals surface area contributed by atoms with Gasteiger partial charge in [-0.2, -0.15) is 4.57 Å². The molecule has 1 aromatic rings. The SMILES string of the molecule is CC(C)(C)OCC(NC(=O)c1ccc[n+](COC=O)c1)C(=O)OC(C)(C)C. The van der Waals surface area contributed by atoms with Gasteiger partial charge in [0.25, 0.3) is 19.1 Å². The summed E-state index contributed by atoms with van der Waals surface area (Å²) in [5.74, 6) is -1.04. The Morgan fingerprint density at radius 1 is 1.19 bits per heavy atom. The minimum absolute atomic E-state index is 0.0206. The lowest BCUT2D eigenvalue weighted by Crippen LogP contribution is -2.48. The number of hydrogen-bond donors (Lipinski definition) is 1. The minimum Gasteiger partial charge on any atom is -0.458 e. The van der Waals surface area contributed by atoms with Crippen LogP contribution >= 0.6 is 0 Å². The van der Waals surface area contributed by atoms with Crippen molar-refractivity contribution in [2.75, 3.05) is 6.61 Å². The number of rotatable bonds is 8. The lowest BCUT2D eigenvalue weighted by atomic mass is 10.1. The molecule has 1 amide bonds. The second-order valence-electron chi connectivity index (χ2n) is 7.98. The van der Waals surface area contributed by atoms with Gasteiger partial charge in [-0.05, 0) is 47.6 Å². The molecule has 1 heterocycles. The number of pyridine rings is 1. The van der Waals surface area contributed by atoms with Crippen LogP contribution in [0.4, 0.5) is 0 Å². The lowest BCUT2D eigenvalue weighted by Gasteiger charge is -2.27. The first-order valence-corrected chi connectivity index (χ1v) is 8.63. The van der Waals surface area contributed by atoms with Crippen molar-refractivity contribution in [1.82, 2.24) is 5.32 Å². The van der Waals surface area contributed by atoms with Crippen LogP contribution in [0.5, 0.6) is 0 Å². The molecule has 0 fully saturated rings. The van der Waals surface area contributed by atoms with E-state index >= 15 is 0 Å². The predicted octanol–water partition coefficient (Wildman–Crippen LogP) is 1.36.